The maximum Gasteiger partial charge on any atom is 0.304 e. The Hall–Kier alpha value is -2.60. The smallest absolute Gasteiger partial charge is 0.304 e. The molecule has 0 amide bonds. The van der Waals surface area contributed by atoms with Gasteiger partial charge in [0.2, 0.25) is 0 Å². The van der Waals surface area contributed by atoms with E-state index in [0.717, 1.165) is 28.4 Å². The van der Waals surface area contributed by atoms with Crippen molar-refractivity contribution < 1.29 is 14.6 Å². The van der Waals surface area contributed by atoms with Crippen molar-refractivity contribution in [2.75, 3.05) is 0 Å². The van der Waals surface area contributed by atoms with Crippen LogP contribution in [-0.4, -0.2) is 21.7 Å². The van der Waals surface area contributed by atoms with E-state index in [-0.39, 0.29) is 22.3 Å². The summed E-state index contributed by atoms with van der Waals surface area (Å²) in [5.41, 5.74) is 6.09. The minimum absolute atomic E-state index is 0.149. The molecule has 0 heterocycles. The van der Waals surface area contributed by atoms with Gasteiger partial charge in [0, 0.05) is 5.92 Å². The lowest BCUT2D eigenvalue weighted by atomic mass is 9.63. The molecule has 5 nitrogen and oxygen atoms in total. The van der Waals surface area contributed by atoms with E-state index in [1.807, 2.05) is 12.1 Å². The summed E-state index contributed by atoms with van der Waals surface area (Å²) in [6.45, 7) is 9.72. The van der Waals surface area contributed by atoms with Gasteiger partial charge in [-0.1, -0.05) is 69.8 Å². The first kappa shape index (κ1) is 24.1. The van der Waals surface area contributed by atoms with Crippen LogP contribution in [0, 0.1) is 10.8 Å². The quantitative estimate of drug-likeness (QED) is 0.315. The van der Waals surface area contributed by atoms with Crippen molar-refractivity contribution in [1.29, 1.82) is 10.8 Å². The van der Waals surface area contributed by atoms with Crippen molar-refractivity contribution in [3.8, 4) is 5.75 Å². The second-order valence-electron chi connectivity index (χ2n) is 9.76. The maximum atomic E-state index is 11.2. The Bertz CT molecular complexity index is 1010. The molecule has 0 saturated carbocycles. The van der Waals surface area contributed by atoms with Crippen LogP contribution >= 0.6 is 11.8 Å². The summed E-state index contributed by atoms with van der Waals surface area (Å²) in [6.07, 6.45) is 2.18. The number of hydrogen-bond donors (Lipinski definition) is 3. The van der Waals surface area contributed by atoms with E-state index < -0.39 is 11.9 Å². The highest BCUT2D eigenvalue weighted by molar-refractivity contribution is 8.24. The van der Waals surface area contributed by atoms with Crippen LogP contribution in [0.15, 0.2) is 42.5 Å². The Morgan fingerprint density at radius 1 is 1.09 bits per heavy atom. The zero-order valence-corrected chi connectivity index (χ0v) is 20.0. The summed E-state index contributed by atoms with van der Waals surface area (Å²) >= 11 is 0.929. The number of nitrogens with one attached hydrogen (secondary N) is 2. The van der Waals surface area contributed by atoms with Crippen LogP contribution in [-0.2, 0) is 22.2 Å². The summed E-state index contributed by atoms with van der Waals surface area (Å²) in [6, 6.07) is 13.9. The molecule has 0 bridgehead atoms. The van der Waals surface area contributed by atoms with Crippen LogP contribution in [0.25, 0.3) is 0 Å². The monoisotopic (exact) mass is 452 g/mol. The van der Waals surface area contributed by atoms with Crippen LogP contribution in [0.5, 0.6) is 5.75 Å². The normalized spacial score (nSPS) is 17.1. The van der Waals surface area contributed by atoms with Gasteiger partial charge < -0.3 is 15.3 Å². The summed E-state index contributed by atoms with van der Waals surface area (Å²) < 4.78 is 6.02. The van der Waals surface area contributed by atoms with Crippen molar-refractivity contribution in [2.45, 2.75) is 70.3 Å². The molecule has 1 aliphatic rings. The Kier molecular flexibility index (Phi) is 7.13. The largest absolute Gasteiger partial charge is 0.489 e. The van der Waals surface area contributed by atoms with E-state index in [2.05, 4.69) is 45.9 Å². The molecule has 0 saturated heterocycles. The Labute approximate surface area is 194 Å². The zero-order chi connectivity index (χ0) is 23.5. The molecule has 3 N–H and O–H groups in total. The Morgan fingerprint density at radius 3 is 2.31 bits per heavy atom. The molecule has 0 unspecified atom stereocenters. The van der Waals surface area contributed by atoms with Crippen LogP contribution < -0.4 is 4.74 Å². The van der Waals surface area contributed by atoms with Crippen LogP contribution in [0.3, 0.4) is 0 Å². The summed E-state index contributed by atoms with van der Waals surface area (Å²) in [5.74, 6) is -0.838. The lowest BCUT2D eigenvalue weighted by molar-refractivity contribution is -0.137. The van der Waals surface area contributed by atoms with Crippen molar-refractivity contribution in [3.05, 3.63) is 64.7 Å². The minimum atomic E-state index is -0.968. The molecule has 2 aromatic rings. The third kappa shape index (κ3) is 5.41. The van der Waals surface area contributed by atoms with Crippen molar-refractivity contribution in [1.82, 2.24) is 0 Å². The standard InChI is InChI=1S/C26H32N2O3S/c1-25(2)11-12-26(3,4)22-13-17(5-10-21(22)25)15-31-19-8-6-18(7-9-19)20(14-23(29)30)24(28)32-16-27/h5-10,13,16,20,27-28H,11-12,14-15H2,1-4H3,(H,29,30)/t20-/m0/s1. The van der Waals surface area contributed by atoms with Gasteiger partial charge in [0.25, 0.3) is 0 Å². The van der Waals surface area contributed by atoms with E-state index >= 15 is 0 Å². The van der Waals surface area contributed by atoms with Gasteiger partial charge in [-0.15, -0.1) is 0 Å². The molecule has 170 valence electrons. The van der Waals surface area contributed by atoms with Gasteiger partial charge >= 0.3 is 5.97 Å². The molecule has 1 aliphatic carbocycles. The van der Waals surface area contributed by atoms with E-state index in [1.54, 1.807) is 12.1 Å². The number of rotatable bonds is 8. The molecule has 32 heavy (non-hydrogen) atoms. The number of aliphatic carboxylic acids is 1. The lowest BCUT2D eigenvalue weighted by Gasteiger charge is -2.42. The maximum absolute atomic E-state index is 11.2. The number of carboxylic acid groups (broad SMARTS) is 1. The Balaban J connectivity index is 1.73. The van der Waals surface area contributed by atoms with Crippen molar-refractivity contribution in [3.63, 3.8) is 0 Å². The summed E-state index contributed by atoms with van der Waals surface area (Å²) in [5, 5.41) is 24.6. The van der Waals surface area contributed by atoms with Gasteiger partial charge in [0.15, 0.2) is 0 Å². The third-order valence-electron chi connectivity index (χ3n) is 6.49. The molecular formula is C26H32N2O3S. The van der Waals surface area contributed by atoms with Gasteiger partial charge in [-0.2, -0.15) is 0 Å². The average Bonchev–Trinajstić information content (AvgIpc) is 2.74. The third-order valence-corrected chi connectivity index (χ3v) is 7.14. The van der Waals surface area contributed by atoms with Gasteiger partial charge in [0.05, 0.1) is 17.0 Å². The topological polar surface area (TPSA) is 94.2 Å². The van der Waals surface area contributed by atoms with Gasteiger partial charge in [-0.25, -0.2) is 0 Å². The number of carbonyl (C=O) groups is 1. The Morgan fingerprint density at radius 2 is 1.72 bits per heavy atom. The first-order valence-corrected chi connectivity index (χ1v) is 11.7. The molecular weight excluding hydrogens is 420 g/mol. The highest BCUT2D eigenvalue weighted by atomic mass is 32.2. The minimum Gasteiger partial charge on any atom is -0.489 e. The SMILES string of the molecule is CC1(C)CCC(C)(C)c2cc(COc3ccc([C@H](CC(=O)O)C(=N)SC=N)cc3)ccc21. The number of hydrogen-bond acceptors (Lipinski definition) is 5. The highest BCUT2D eigenvalue weighted by Gasteiger charge is 2.36. The molecule has 0 spiro atoms. The van der Waals surface area contributed by atoms with E-state index in [9.17, 15) is 9.90 Å². The molecule has 6 heteroatoms. The average molecular weight is 453 g/mol. The summed E-state index contributed by atoms with van der Waals surface area (Å²) in [7, 11) is 0. The molecule has 0 fully saturated rings. The van der Waals surface area contributed by atoms with Gasteiger partial charge in [0.1, 0.15) is 12.4 Å². The van der Waals surface area contributed by atoms with Crippen LogP contribution in [0.2, 0.25) is 0 Å². The number of carboxylic acids is 1. The van der Waals surface area contributed by atoms with Crippen LogP contribution in [0.1, 0.15) is 75.1 Å². The lowest BCUT2D eigenvalue weighted by Crippen LogP contribution is -2.33. The molecule has 3 rings (SSSR count). The number of benzene rings is 2. The van der Waals surface area contributed by atoms with Crippen LogP contribution in [0.4, 0.5) is 0 Å². The molecule has 1 atom stereocenters. The molecule has 0 radical (unpaired) electrons. The molecule has 0 aliphatic heterocycles. The van der Waals surface area contributed by atoms with E-state index in [0.29, 0.717) is 12.4 Å². The first-order chi connectivity index (χ1) is 15.0. The van der Waals surface area contributed by atoms with Gasteiger partial charge in [-0.05, 0) is 58.1 Å². The van der Waals surface area contributed by atoms with Gasteiger partial charge in [-0.3, -0.25) is 10.2 Å². The fraction of sp³-hybridized carbons (Fsp3) is 0.423. The van der Waals surface area contributed by atoms with E-state index in [1.165, 1.54) is 24.0 Å². The summed E-state index contributed by atoms with van der Waals surface area (Å²) in [4.78, 5) is 11.2. The van der Waals surface area contributed by atoms with Crippen molar-refractivity contribution >= 4 is 28.3 Å². The number of thioether (sulfide) groups is 1. The molecule has 2 aromatic carbocycles. The highest BCUT2D eigenvalue weighted by Crippen LogP contribution is 2.46. The fourth-order valence-corrected chi connectivity index (χ4v) is 4.88. The molecule has 0 aromatic heterocycles. The zero-order valence-electron chi connectivity index (χ0n) is 19.2. The number of fused-ring (bicyclic) bond motifs is 1. The second kappa shape index (κ2) is 9.49. The second-order valence-corrected chi connectivity index (χ2v) is 10.7. The first-order valence-electron chi connectivity index (χ1n) is 10.9. The predicted octanol–water partition coefficient (Wildman–Crippen LogP) is 6.49. The van der Waals surface area contributed by atoms with E-state index in [4.69, 9.17) is 15.6 Å². The van der Waals surface area contributed by atoms with Crippen molar-refractivity contribution in [2.24, 2.45) is 0 Å². The number of ether oxygens (including phenoxy) is 1. The fourth-order valence-electron chi connectivity index (χ4n) is 4.37. The predicted molar refractivity (Wildman–Crippen MR) is 132 cm³/mol.